The molecule has 2 aliphatic rings. The Labute approximate surface area is 182 Å². The van der Waals surface area contributed by atoms with E-state index in [0.717, 1.165) is 60.4 Å². The second kappa shape index (κ2) is 10.1. The fourth-order valence-corrected chi connectivity index (χ4v) is 5.53. The van der Waals surface area contributed by atoms with Gasteiger partial charge in [0.05, 0.1) is 12.1 Å². The van der Waals surface area contributed by atoms with E-state index in [4.69, 9.17) is 9.97 Å². The highest BCUT2D eigenvalue weighted by Gasteiger charge is 2.33. The van der Waals surface area contributed by atoms with Gasteiger partial charge in [0.25, 0.3) is 0 Å². The lowest BCUT2D eigenvalue weighted by Gasteiger charge is -2.42. The molecular formula is C25H39N5. The Morgan fingerprint density at radius 2 is 1.77 bits per heavy atom. The van der Waals surface area contributed by atoms with Gasteiger partial charge in [-0.3, -0.25) is 4.90 Å². The fourth-order valence-electron chi connectivity index (χ4n) is 5.53. The van der Waals surface area contributed by atoms with Crippen LogP contribution < -0.4 is 5.32 Å². The van der Waals surface area contributed by atoms with Gasteiger partial charge in [0.15, 0.2) is 0 Å². The van der Waals surface area contributed by atoms with Crippen LogP contribution >= 0.6 is 0 Å². The van der Waals surface area contributed by atoms with Gasteiger partial charge in [-0.2, -0.15) is 0 Å². The average Bonchev–Trinajstić information content (AvgIpc) is 2.76. The van der Waals surface area contributed by atoms with Gasteiger partial charge < -0.3 is 10.2 Å². The lowest BCUT2D eigenvalue weighted by molar-refractivity contribution is 0.0837. The van der Waals surface area contributed by atoms with E-state index in [0.29, 0.717) is 6.04 Å². The van der Waals surface area contributed by atoms with Crippen LogP contribution in [0.15, 0.2) is 24.3 Å². The summed E-state index contributed by atoms with van der Waals surface area (Å²) in [6.45, 7) is 2.84. The molecule has 4 rings (SSSR count). The van der Waals surface area contributed by atoms with E-state index >= 15 is 0 Å². The molecule has 3 atom stereocenters. The topological polar surface area (TPSA) is 44.3 Å². The summed E-state index contributed by atoms with van der Waals surface area (Å²) < 4.78 is 0. The van der Waals surface area contributed by atoms with Crippen molar-refractivity contribution in [1.82, 2.24) is 19.8 Å². The highest BCUT2D eigenvalue weighted by molar-refractivity contribution is 5.88. The van der Waals surface area contributed by atoms with E-state index in [1.54, 1.807) is 0 Å². The van der Waals surface area contributed by atoms with Crippen LogP contribution in [0.2, 0.25) is 0 Å². The predicted molar refractivity (Wildman–Crippen MR) is 126 cm³/mol. The summed E-state index contributed by atoms with van der Waals surface area (Å²) in [5, 5.41) is 4.70. The number of benzene rings is 1. The minimum absolute atomic E-state index is 0.677. The Morgan fingerprint density at radius 3 is 2.60 bits per heavy atom. The maximum absolute atomic E-state index is 4.96. The molecule has 5 heteroatoms. The van der Waals surface area contributed by atoms with Crippen molar-refractivity contribution in [3.05, 3.63) is 30.1 Å². The zero-order valence-corrected chi connectivity index (χ0v) is 19.1. The number of anilines is 1. The van der Waals surface area contributed by atoms with Gasteiger partial charge in [-0.15, -0.1) is 0 Å². The Morgan fingerprint density at radius 1 is 0.967 bits per heavy atom. The first-order chi connectivity index (χ1) is 14.6. The molecule has 2 aliphatic carbocycles. The van der Waals surface area contributed by atoms with Crippen LogP contribution in [0.3, 0.4) is 0 Å². The number of fused-ring (bicyclic) bond motifs is 2. The van der Waals surface area contributed by atoms with Crippen LogP contribution in [-0.4, -0.2) is 60.0 Å². The molecule has 1 aromatic carbocycles. The lowest BCUT2D eigenvalue weighted by Crippen LogP contribution is -2.40. The molecule has 5 nitrogen and oxygen atoms in total. The Balaban J connectivity index is 1.44. The number of para-hydroxylation sites is 1. The first-order valence-corrected chi connectivity index (χ1v) is 11.9. The van der Waals surface area contributed by atoms with Crippen molar-refractivity contribution in [2.45, 2.75) is 64.0 Å². The standard InChI is InChI=1S/C25H39N5/c1-29(2)16-8-15-26-25-22-11-6-7-12-23(22)27-24(28-25)18-30(3)21-14-13-19-9-4-5-10-20(19)17-21/h6-7,11-12,19-21H,4-5,8-10,13-18H2,1-3H3,(H,26,27,28). The van der Waals surface area contributed by atoms with E-state index < -0.39 is 0 Å². The van der Waals surface area contributed by atoms with Gasteiger partial charge in [-0.1, -0.05) is 37.8 Å². The predicted octanol–water partition coefficient (Wildman–Crippen LogP) is 4.78. The van der Waals surface area contributed by atoms with Crippen LogP contribution in [-0.2, 0) is 6.54 Å². The second-order valence-electron chi connectivity index (χ2n) is 9.78. The molecule has 0 saturated heterocycles. The highest BCUT2D eigenvalue weighted by Crippen LogP contribution is 2.41. The molecule has 1 heterocycles. The molecule has 2 saturated carbocycles. The van der Waals surface area contributed by atoms with Crippen LogP contribution in [0.1, 0.15) is 57.2 Å². The molecule has 0 bridgehead atoms. The summed E-state index contributed by atoms with van der Waals surface area (Å²) in [4.78, 5) is 14.6. The summed E-state index contributed by atoms with van der Waals surface area (Å²) in [6, 6.07) is 9.06. The number of hydrogen-bond acceptors (Lipinski definition) is 5. The number of nitrogens with zero attached hydrogens (tertiary/aromatic N) is 4. The van der Waals surface area contributed by atoms with Gasteiger partial charge in [0, 0.05) is 18.0 Å². The van der Waals surface area contributed by atoms with Crippen molar-refractivity contribution < 1.29 is 0 Å². The molecule has 2 aromatic rings. The lowest BCUT2D eigenvalue weighted by atomic mass is 9.69. The van der Waals surface area contributed by atoms with Gasteiger partial charge in [0.1, 0.15) is 11.6 Å². The maximum atomic E-state index is 4.96. The second-order valence-corrected chi connectivity index (χ2v) is 9.78. The van der Waals surface area contributed by atoms with E-state index in [9.17, 15) is 0 Å². The highest BCUT2D eigenvalue weighted by atomic mass is 15.2. The summed E-state index contributed by atoms with van der Waals surface area (Å²) in [5.74, 6) is 3.88. The normalized spacial score (nSPS) is 24.4. The number of nitrogens with one attached hydrogen (secondary N) is 1. The van der Waals surface area contributed by atoms with Crippen molar-refractivity contribution in [2.24, 2.45) is 11.8 Å². The van der Waals surface area contributed by atoms with Crippen LogP contribution in [0.4, 0.5) is 5.82 Å². The molecule has 1 N–H and O–H groups in total. The molecular weight excluding hydrogens is 370 g/mol. The molecule has 164 valence electrons. The molecule has 2 fully saturated rings. The fraction of sp³-hybridized carbons (Fsp3) is 0.680. The average molecular weight is 410 g/mol. The van der Waals surface area contributed by atoms with Crippen LogP contribution in [0.5, 0.6) is 0 Å². The summed E-state index contributed by atoms with van der Waals surface area (Å²) in [6.07, 6.45) is 11.0. The van der Waals surface area contributed by atoms with Gasteiger partial charge in [-0.05, 0) is 77.3 Å². The summed E-state index contributed by atoms with van der Waals surface area (Å²) in [5.41, 5.74) is 1.04. The minimum atomic E-state index is 0.677. The molecule has 3 unspecified atom stereocenters. The SMILES string of the molecule is CN(C)CCCNc1nc(CN(C)C2CCC3CCCCC3C2)nc2ccccc12. The van der Waals surface area contributed by atoms with Gasteiger partial charge >= 0.3 is 0 Å². The quantitative estimate of drug-likeness (QED) is 0.636. The van der Waals surface area contributed by atoms with Crippen LogP contribution in [0.25, 0.3) is 10.9 Å². The number of rotatable bonds is 8. The Kier molecular flexibility index (Phi) is 7.21. The zero-order valence-electron chi connectivity index (χ0n) is 19.1. The van der Waals surface area contributed by atoms with Crippen molar-refractivity contribution in [3.63, 3.8) is 0 Å². The minimum Gasteiger partial charge on any atom is -0.369 e. The Hall–Kier alpha value is -1.72. The first kappa shape index (κ1) is 21.5. The van der Waals surface area contributed by atoms with E-state index in [1.165, 1.54) is 44.9 Å². The van der Waals surface area contributed by atoms with E-state index in [-0.39, 0.29) is 0 Å². The van der Waals surface area contributed by atoms with Crippen molar-refractivity contribution in [1.29, 1.82) is 0 Å². The Bertz CT molecular complexity index is 820. The molecule has 0 aliphatic heterocycles. The number of hydrogen-bond donors (Lipinski definition) is 1. The summed E-state index contributed by atoms with van der Waals surface area (Å²) >= 11 is 0. The van der Waals surface area contributed by atoms with Gasteiger partial charge in [-0.25, -0.2) is 9.97 Å². The largest absolute Gasteiger partial charge is 0.369 e. The number of aromatic nitrogens is 2. The van der Waals surface area contributed by atoms with Crippen molar-refractivity contribution in [2.75, 3.05) is 39.5 Å². The zero-order chi connectivity index (χ0) is 20.9. The van der Waals surface area contributed by atoms with E-state index in [2.05, 4.69) is 60.5 Å². The summed E-state index contributed by atoms with van der Waals surface area (Å²) in [7, 11) is 6.51. The smallest absolute Gasteiger partial charge is 0.145 e. The third-order valence-corrected chi connectivity index (χ3v) is 7.25. The van der Waals surface area contributed by atoms with Crippen molar-refractivity contribution >= 4 is 16.7 Å². The third-order valence-electron chi connectivity index (χ3n) is 7.25. The first-order valence-electron chi connectivity index (χ1n) is 11.9. The van der Waals surface area contributed by atoms with Crippen molar-refractivity contribution in [3.8, 4) is 0 Å². The maximum Gasteiger partial charge on any atom is 0.145 e. The van der Waals surface area contributed by atoms with Crippen LogP contribution in [0, 0.1) is 11.8 Å². The molecule has 0 amide bonds. The molecule has 30 heavy (non-hydrogen) atoms. The molecule has 1 aromatic heterocycles. The molecule has 0 spiro atoms. The molecule has 0 radical (unpaired) electrons. The monoisotopic (exact) mass is 409 g/mol. The van der Waals surface area contributed by atoms with Gasteiger partial charge in [0.2, 0.25) is 0 Å². The third kappa shape index (κ3) is 5.30. The van der Waals surface area contributed by atoms with E-state index in [1.807, 2.05) is 0 Å².